The second-order valence-corrected chi connectivity index (χ2v) is 5.80. The summed E-state index contributed by atoms with van der Waals surface area (Å²) in [4.78, 5) is 0.912. The van der Waals surface area contributed by atoms with E-state index in [-0.39, 0.29) is 5.84 Å². The van der Waals surface area contributed by atoms with Crippen LogP contribution in [0, 0.1) is 5.41 Å². The number of amidine groups is 1. The van der Waals surface area contributed by atoms with Gasteiger partial charge in [-0.1, -0.05) is 41.4 Å². The molecular weight excluding hydrogens is 299 g/mol. The first-order valence-corrected chi connectivity index (χ1v) is 7.32. The number of rotatable bonds is 4. The summed E-state index contributed by atoms with van der Waals surface area (Å²) in [7, 11) is 0. The van der Waals surface area contributed by atoms with Crippen LogP contribution in [0.3, 0.4) is 0 Å². The van der Waals surface area contributed by atoms with Gasteiger partial charge in [-0.05, 0) is 29.8 Å². The number of hydrogen-bond acceptors (Lipinski definition) is 2. The fourth-order valence-electron chi connectivity index (χ4n) is 1.63. The smallest absolute Gasteiger partial charge is 0.125 e. The SMILES string of the molecule is N=C(N)c1c(Cl)cccc1SCc1ccc(Cl)cc1. The molecule has 0 aliphatic heterocycles. The van der Waals surface area contributed by atoms with Gasteiger partial charge in [-0.15, -0.1) is 11.8 Å². The Labute approximate surface area is 126 Å². The van der Waals surface area contributed by atoms with Gasteiger partial charge in [-0.25, -0.2) is 0 Å². The van der Waals surface area contributed by atoms with Crippen LogP contribution in [-0.4, -0.2) is 5.84 Å². The third-order valence-corrected chi connectivity index (χ3v) is 4.25. The predicted molar refractivity (Wildman–Crippen MR) is 83.5 cm³/mol. The van der Waals surface area contributed by atoms with Crippen molar-refractivity contribution in [2.75, 3.05) is 0 Å². The molecule has 0 bridgehead atoms. The van der Waals surface area contributed by atoms with Crippen molar-refractivity contribution in [1.29, 1.82) is 5.41 Å². The highest BCUT2D eigenvalue weighted by atomic mass is 35.5. The van der Waals surface area contributed by atoms with Gasteiger partial charge < -0.3 is 5.73 Å². The Morgan fingerprint density at radius 2 is 1.79 bits per heavy atom. The summed E-state index contributed by atoms with van der Waals surface area (Å²) in [5, 5.41) is 8.82. The largest absolute Gasteiger partial charge is 0.384 e. The Morgan fingerprint density at radius 1 is 1.11 bits per heavy atom. The highest BCUT2D eigenvalue weighted by molar-refractivity contribution is 7.98. The van der Waals surface area contributed by atoms with Crippen LogP contribution in [0.4, 0.5) is 0 Å². The zero-order valence-electron chi connectivity index (χ0n) is 9.99. The quantitative estimate of drug-likeness (QED) is 0.494. The number of nitrogens with two attached hydrogens (primary N) is 1. The van der Waals surface area contributed by atoms with Crippen LogP contribution in [-0.2, 0) is 5.75 Å². The fraction of sp³-hybridized carbons (Fsp3) is 0.0714. The maximum absolute atomic E-state index is 7.59. The number of nitrogens with one attached hydrogen (secondary N) is 1. The first-order chi connectivity index (χ1) is 9.08. The summed E-state index contributed by atoms with van der Waals surface area (Å²) in [6.45, 7) is 0. The second-order valence-electron chi connectivity index (χ2n) is 3.94. The molecular formula is C14H12Cl2N2S. The topological polar surface area (TPSA) is 49.9 Å². The lowest BCUT2D eigenvalue weighted by Gasteiger charge is -2.09. The van der Waals surface area contributed by atoms with Gasteiger partial charge in [0.15, 0.2) is 0 Å². The Hall–Kier alpha value is -1.16. The van der Waals surface area contributed by atoms with Crippen molar-refractivity contribution in [3.8, 4) is 0 Å². The molecule has 2 aromatic carbocycles. The van der Waals surface area contributed by atoms with Gasteiger partial charge in [0.25, 0.3) is 0 Å². The maximum Gasteiger partial charge on any atom is 0.125 e. The fourth-order valence-corrected chi connectivity index (χ4v) is 3.14. The van der Waals surface area contributed by atoms with Crippen molar-refractivity contribution in [3.05, 3.63) is 63.6 Å². The van der Waals surface area contributed by atoms with E-state index in [1.807, 2.05) is 36.4 Å². The van der Waals surface area contributed by atoms with E-state index in [9.17, 15) is 0 Å². The molecule has 0 radical (unpaired) electrons. The van der Waals surface area contributed by atoms with Crippen LogP contribution in [0.1, 0.15) is 11.1 Å². The van der Waals surface area contributed by atoms with Crippen molar-refractivity contribution < 1.29 is 0 Å². The molecule has 0 aliphatic carbocycles. The zero-order valence-corrected chi connectivity index (χ0v) is 12.3. The summed E-state index contributed by atoms with van der Waals surface area (Å²) >= 11 is 13.5. The lowest BCUT2D eigenvalue weighted by Crippen LogP contribution is -2.13. The van der Waals surface area contributed by atoms with Gasteiger partial charge in [-0.2, -0.15) is 0 Å². The van der Waals surface area contributed by atoms with Crippen LogP contribution in [0.15, 0.2) is 47.4 Å². The van der Waals surface area contributed by atoms with Gasteiger partial charge in [0, 0.05) is 21.2 Å². The Morgan fingerprint density at radius 3 is 2.42 bits per heavy atom. The molecule has 5 heteroatoms. The minimum atomic E-state index is -0.00999. The first-order valence-electron chi connectivity index (χ1n) is 5.58. The molecule has 2 rings (SSSR count). The van der Waals surface area contributed by atoms with Crippen molar-refractivity contribution in [2.45, 2.75) is 10.6 Å². The van der Waals surface area contributed by atoms with Crippen LogP contribution in [0.25, 0.3) is 0 Å². The molecule has 0 saturated carbocycles. The summed E-state index contributed by atoms with van der Waals surface area (Å²) in [6, 6.07) is 13.2. The van der Waals surface area contributed by atoms with Gasteiger partial charge in [-0.3, -0.25) is 5.41 Å². The predicted octanol–water partition coefficient (Wildman–Crippen LogP) is 4.57. The van der Waals surface area contributed by atoms with Crippen LogP contribution in [0.5, 0.6) is 0 Å². The standard InChI is InChI=1S/C14H12Cl2N2S/c15-10-6-4-9(5-7-10)8-19-12-3-1-2-11(16)13(12)14(17)18/h1-7H,8H2,(H3,17,18). The maximum atomic E-state index is 7.59. The number of benzene rings is 2. The molecule has 3 N–H and O–H groups in total. The molecule has 0 atom stereocenters. The minimum Gasteiger partial charge on any atom is -0.384 e. The van der Waals surface area contributed by atoms with Gasteiger partial charge in [0.2, 0.25) is 0 Å². The van der Waals surface area contributed by atoms with Crippen molar-refractivity contribution in [3.63, 3.8) is 0 Å². The lowest BCUT2D eigenvalue weighted by molar-refractivity contribution is 1.32. The zero-order chi connectivity index (χ0) is 13.8. The Kier molecular flexibility index (Phi) is 4.75. The highest BCUT2D eigenvalue weighted by Crippen LogP contribution is 2.30. The van der Waals surface area contributed by atoms with E-state index in [1.54, 1.807) is 17.8 Å². The molecule has 2 aromatic rings. The van der Waals surface area contributed by atoms with E-state index in [0.717, 1.165) is 21.2 Å². The van der Waals surface area contributed by atoms with Crippen LogP contribution < -0.4 is 5.73 Å². The van der Waals surface area contributed by atoms with Gasteiger partial charge in [0.1, 0.15) is 5.84 Å². The average Bonchev–Trinajstić information content (AvgIpc) is 2.37. The minimum absolute atomic E-state index is 0.00999. The van der Waals surface area contributed by atoms with Crippen molar-refractivity contribution in [2.24, 2.45) is 5.73 Å². The van der Waals surface area contributed by atoms with E-state index in [1.165, 1.54) is 0 Å². The molecule has 0 unspecified atom stereocenters. The van der Waals surface area contributed by atoms with E-state index >= 15 is 0 Å². The first kappa shape index (κ1) is 14.3. The molecule has 0 heterocycles. The molecule has 98 valence electrons. The van der Waals surface area contributed by atoms with Crippen LogP contribution in [0.2, 0.25) is 10.0 Å². The Balaban J connectivity index is 2.18. The molecule has 0 saturated heterocycles. The molecule has 0 amide bonds. The summed E-state index contributed by atoms with van der Waals surface area (Å²) in [5.41, 5.74) is 7.33. The van der Waals surface area contributed by atoms with Crippen LogP contribution >= 0.6 is 35.0 Å². The third-order valence-electron chi connectivity index (χ3n) is 2.55. The van der Waals surface area contributed by atoms with Gasteiger partial charge in [0.05, 0.1) is 5.02 Å². The van der Waals surface area contributed by atoms with Crippen molar-refractivity contribution >= 4 is 40.8 Å². The molecule has 0 aromatic heterocycles. The molecule has 0 aliphatic rings. The summed E-state index contributed by atoms with van der Waals surface area (Å²) in [5.74, 6) is 0.766. The summed E-state index contributed by atoms with van der Waals surface area (Å²) < 4.78 is 0. The average molecular weight is 311 g/mol. The van der Waals surface area contributed by atoms with Crippen molar-refractivity contribution in [1.82, 2.24) is 0 Å². The highest BCUT2D eigenvalue weighted by Gasteiger charge is 2.10. The number of halogens is 2. The molecule has 2 nitrogen and oxygen atoms in total. The number of nitrogen functional groups attached to an aromatic ring is 1. The molecule has 0 spiro atoms. The van der Waals surface area contributed by atoms with E-state index < -0.39 is 0 Å². The third kappa shape index (κ3) is 3.66. The normalized spacial score (nSPS) is 10.4. The number of thioether (sulfide) groups is 1. The Bertz CT molecular complexity index is 597. The van der Waals surface area contributed by atoms with E-state index in [2.05, 4.69) is 0 Å². The number of hydrogen-bond donors (Lipinski definition) is 2. The van der Waals surface area contributed by atoms with E-state index in [0.29, 0.717) is 10.6 Å². The van der Waals surface area contributed by atoms with E-state index in [4.69, 9.17) is 34.3 Å². The van der Waals surface area contributed by atoms with Gasteiger partial charge >= 0.3 is 0 Å². The monoisotopic (exact) mass is 310 g/mol. The molecule has 19 heavy (non-hydrogen) atoms. The lowest BCUT2D eigenvalue weighted by atomic mass is 10.2. The summed E-state index contributed by atoms with van der Waals surface area (Å²) in [6.07, 6.45) is 0. The second kappa shape index (κ2) is 6.33. The molecule has 0 fully saturated rings.